The second-order valence-corrected chi connectivity index (χ2v) is 8.74. The molecule has 0 aliphatic carbocycles. The van der Waals surface area contributed by atoms with E-state index in [4.69, 9.17) is 23.2 Å². The van der Waals surface area contributed by atoms with E-state index in [0.717, 1.165) is 41.8 Å². The number of piperazine rings is 1. The Morgan fingerprint density at radius 2 is 1.62 bits per heavy atom. The molecule has 1 aliphatic rings. The second-order valence-electron chi connectivity index (χ2n) is 6.46. The van der Waals surface area contributed by atoms with Crippen molar-refractivity contribution in [2.45, 2.75) is 24.0 Å². The van der Waals surface area contributed by atoms with Gasteiger partial charge in [-0.2, -0.15) is 0 Å². The highest BCUT2D eigenvalue weighted by atomic mass is 35.5. The summed E-state index contributed by atoms with van der Waals surface area (Å²) in [7, 11) is 0. The van der Waals surface area contributed by atoms with Gasteiger partial charge in [0.1, 0.15) is 0 Å². The Hall–Kier alpha value is -1.36. The zero-order valence-electron chi connectivity index (χ0n) is 14.9. The molecule has 0 unspecified atom stereocenters. The fourth-order valence-corrected chi connectivity index (χ4v) is 4.36. The van der Waals surface area contributed by atoms with Crippen molar-refractivity contribution < 1.29 is 4.79 Å². The molecule has 2 aromatic carbocycles. The Kier molecular flexibility index (Phi) is 6.38. The number of hydrogen-bond donors (Lipinski definition) is 0. The van der Waals surface area contributed by atoms with Crippen LogP contribution in [0.2, 0.25) is 10.0 Å². The van der Waals surface area contributed by atoms with Crippen LogP contribution in [0.3, 0.4) is 0 Å². The van der Waals surface area contributed by atoms with E-state index < -0.39 is 0 Å². The van der Waals surface area contributed by atoms with E-state index in [9.17, 15) is 4.79 Å². The minimum absolute atomic E-state index is 0.115. The van der Waals surface area contributed by atoms with Crippen molar-refractivity contribution in [3.63, 3.8) is 0 Å². The SMILES string of the molecule is Cc1ccc(Cl)cc1N1CCN(C(=O)[C@H](C)Sc2ccc(Cl)cc2)CC1. The number of thioether (sulfide) groups is 1. The Labute approximate surface area is 169 Å². The van der Waals surface area contributed by atoms with Crippen molar-refractivity contribution in [2.75, 3.05) is 31.1 Å². The highest BCUT2D eigenvalue weighted by Crippen LogP contribution is 2.28. The van der Waals surface area contributed by atoms with Gasteiger partial charge in [0.25, 0.3) is 0 Å². The van der Waals surface area contributed by atoms with Gasteiger partial charge in [-0.15, -0.1) is 11.8 Å². The minimum atomic E-state index is -0.115. The van der Waals surface area contributed by atoms with Crippen LogP contribution in [0.4, 0.5) is 5.69 Å². The molecule has 3 nitrogen and oxygen atoms in total. The predicted octanol–water partition coefficient (Wildman–Crippen LogP) is 5.13. The first kappa shape index (κ1) is 19.4. The van der Waals surface area contributed by atoms with Gasteiger partial charge in [0.2, 0.25) is 5.91 Å². The molecule has 0 aromatic heterocycles. The van der Waals surface area contributed by atoms with Crippen LogP contribution in [0.5, 0.6) is 0 Å². The summed E-state index contributed by atoms with van der Waals surface area (Å²) in [5, 5.41) is 1.34. The number of aryl methyl sites for hydroxylation is 1. The number of amides is 1. The van der Waals surface area contributed by atoms with Crippen LogP contribution in [0.1, 0.15) is 12.5 Å². The fraction of sp³-hybridized carbons (Fsp3) is 0.350. The van der Waals surface area contributed by atoms with Gasteiger partial charge in [0.05, 0.1) is 5.25 Å². The first-order valence-corrected chi connectivity index (χ1v) is 10.3. The van der Waals surface area contributed by atoms with Crippen LogP contribution in [-0.4, -0.2) is 42.2 Å². The molecule has 1 heterocycles. The van der Waals surface area contributed by atoms with Crippen LogP contribution < -0.4 is 4.90 Å². The number of anilines is 1. The molecule has 1 aliphatic heterocycles. The summed E-state index contributed by atoms with van der Waals surface area (Å²) in [6.07, 6.45) is 0. The van der Waals surface area contributed by atoms with E-state index in [-0.39, 0.29) is 11.2 Å². The molecular weight excluding hydrogens is 387 g/mol. The average Bonchev–Trinajstić information content (AvgIpc) is 2.65. The number of benzene rings is 2. The van der Waals surface area contributed by atoms with Gasteiger partial charge in [-0.25, -0.2) is 0 Å². The van der Waals surface area contributed by atoms with Crippen LogP contribution in [0, 0.1) is 6.92 Å². The molecule has 1 fully saturated rings. The largest absolute Gasteiger partial charge is 0.368 e. The number of rotatable bonds is 4. The number of carbonyl (C=O) groups excluding carboxylic acids is 1. The lowest BCUT2D eigenvalue weighted by Gasteiger charge is -2.37. The van der Waals surface area contributed by atoms with E-state index in [2.05, 4.69) is 11.8 Å². The zero-order chi connectivity index (χ0) is 18.7. The third-order valence-electron chi connectivity index (χ3n) is 4.58. The van der Waals surface area contributed by atoms with Crippen molar-refractivity contribution in [3.05, 3.63) is 58.1 Å². The Balaban J connectivity index is 1.57. The monoisotopic (exact) mass is 408 g/mol. The molecule has 1 atom stereocenters. The van der Waals surface area contributed by atoms with Gasteiger partial charge in [-0.3, -0.25) is 4.79 Å². The third-order valence-corrected chi connectivity index (χ3v) is 6.16. The molecule has 0 N–H and O–H groups in total. The van der Waals surface area contributed by atoms with Gasteiger partial charge in [-0.1, -0.05) is 29.3 Å². The smallest absolute Gasteiger partial charge is 0.235 e. The maximum atomic E-state index is 12.8. The number of halogens is 2. The van der Waals surface area contributed by atoms with Crippen LogP contribution in [0.15, 0.2) is 47.4 Å². The third kappa shape index (κ3) is 4.67. The summed E-state index contributed by atoms with van der Waals surface area (Å²) in [6.45, 7) is 7.17. The van der Waals surface area contributed by atoms with Crippen molar-refractivity contribution in [1.29, 1.82) is 0 Å². The average molecular weight is 409 g/mol. The van der Waals surface area contributed by atoms with Gasteiger partial charge in [-0.05, 0) is 55.8 Å². The summed E-state index contributed by atoms with van der Waals surface area (Å²) in [6, 6.07) is 13.6. The van der Waals surface area contributed by atoms with Crippen molar-refractivity contribution in [3.8, 4) is 0 Å². The lowest BCUT2D eigenvalue weighted by atomic mass is 10.1. The normalized spacial score (nSPS) is 15.8. The highest BCUT2D eigenvalue weighted by Gasteiger charge is 2.26. The quantitative estimate of drug-likeness (QED) is 0.654. The molecule has 2 aromatic rings. The molecule has 0 spiro atoms. The molecule has 1 saturated heterocycles. The lowest BCUT2D eigenvalue weighted by Crippen LogP contribution is -2.50. The molecule has 3 rings (SSSR count). The minimum Gasteiger partial charge on any atom is -0.368 e. The van der Waals surface area contributed by atoms with Crippen molar-refractivity contribution in [1.82, 2.24) is 4.90 Å². The van der Waals surface area contributed by atoms with Crippen molar-refractivity contribution >= 4 is 46.6 Å². The van der Waals surface area contributed by atoms with E-state index in [0.29, 0.717) is 5.02 Å². The molecule has 26 heavy (non-hydrogen) atoms. The Morgan fingerprint density at radius 1 is 1.00 bits per heavy atom. The molecule has 6 heteroatoms. The zero-order valence-corrected chi connectivity index (χ0v) is 17.2. The Bertz CT molecular complexity index is 774. The van der Waals surface area contributed by atoms with E-state index >= 15 is 0 Å². The molecular formula is C20H22Cl2N2OS. The molecule has 138 valence electrons. The summed E-state index contributed by atoms with van der Waals surface area (Å²) in [4.78, 5) is 18.1. The van der Waals surface area contributed by atoms with Gasteiger partial charge < -0.3 is 9.80 Å². The lowest BCUT2D eigenvalue weighted by molar-refractivity contribution is -0.130. The maximum absolute atomic E-state index is 12.8. The predicted molar refractivity (Wildman–Crippen MR) is 112 cm³/mol. The van der Waals surface area contributed by atoms with E-state index in [1.165, 1.54) is 5.56 Å². The number of nitrogens with zero attached hydrogens (tertiary/aromatic N) is 2. The molecule has 0 bridgehead atoms. The topological polar surface area (TPSA) is 23.6 Å². The van der Waals surface area contributed by atoms with Crippen LogP contribution >= 0.6 is 35.0 Å². The van der Waals surface area contributed by atoms with Crippen LogP contribution in [0.25, 0.3) is 0 Å². The first-order valence-electron chi connectivity index (χ1n) is 8.66. The number of hydrogen-bond acceptors (Lipinski definition) is 3. The fourth-order valence-electron chi connectivity index (χ4n) is 3.12. The summed E-state index contributed by atoms with van der Waals surface area (Å²) in [5.41, 5.74) is 2.37. The molecule has 0 saturated carbocycles. The van der Waals surface area contributed by atoms with Gasteiger partial charge >= 0.3 is 0 Å². The highest BCUT2D eigenvalue weighted by molar-refractivity contribution is 8.00. The Morgan fingerprint density at radius 3 is 2.27 bits per heavy atom. The summed E-state index contributed by atoms with van der Waals surface area (Å²) in [5.74, 6) is 0.187. The van der Waals surface area contributed by atoms with E-state index in [1.54, 1.807) is 11.8 Å². The summed E-state index contributed by atoms with van der Waals surface area (Å²) < 4.78 is 0. The number of carbonyl (C=O) groups is 1. The second kappa shape index (κ2) is 8.55. The maximum Gasteiger partial charge on any atom is 0.235 e. The van der Waals surface area contributed by atoms with Crippen molar-refractivity contribution in [2.24, 2.45) is 0 Å². The van der Waals surface area contributed by atoms with Crippen LogP contribution in [-0.2, 0) is 4.79 Å². The molecule has 1 amide bonds. The molecule has 0 radical (unpaired) electrons. The first-order chi connectivity index (χ1) is 12.4. The summed E-state index contributed by atoms with van der Waals surface area (Å²) >= 11 is 13.6. The van der Waals surface area contributed by atoms with Gasteiger partial charge in [0, 0.05) is 46.8 Å². The standard InChI is InChI=1S/C20H22Cl2N2OS/c1-14-3-4-17(22)13-19(14)23-9-11-24(12-10-23)20(25)15(2)26-18-7-5-16(21)6-8-18/h3-8,13,15H,9-12H2,1-2H3/t15-/m0/s1. The van der Waals surface area contributed by atoms with Gasteiger partial charge in [0.15, 0.2) is 0 Å². The van der Waals surface area contributed by atoms with E-state index in [1.807, 2.05) is 54.3 Å².